The van der Waals surface area contributed by atoms with Crippen LogP contribution >= 0.6 is 0 Å². The summed E-state index contributed by atoms with van der Waals surface area (Å²) in [5.74, 6) is 0. The lowest BCUT2D eigenvalue weighted by atomic mass is 9.95. The molecule has 3 rings (SSSR count). The average Bonchev–Trinajstić information content (AvgIpc) is 2.66. The maximum Gasteiger partial charge on any atom is 0.0725 e. The molecule has 0 saturated carbocycles. The lowest BCUT2D eigenvalue weighted by molar-refractivity contribution is 0.420. The van der Waals surface area contributed by atoms with Crippen LogP contribution in [-0.2, 0) is 12.8 Å². The van der Waals surface area contributed by atoms with Crippen molar-refractivity contribution in [3.63, 3.8) is 0 Å². The van der Waals surface area contributed by atoms with Gasteiger partial charge in [0.05, 0.1) is 12.3 Å². The van der Waals surface area contributed by atoms with E-state index < -0.39 is 0 Å². The number of aliphatic imine (C=N–C) groups is 1. The van der Waals surface area contributed by atoms with E-state index in [0.29, 0.717) is 0 Å². The highest BCUT2D eigenvalue weighted by molar-refractivity contribution is 6.15. The number of aryl methyl sites for hydroxylation is 2. The molecular weight excluding hydrogens is 268 g/mol. The van der Waals surface area contributed by atoms with E-state index in [0.717, 1.165) is 25.9 Å². The summed E-state index contributed by atoms with van der Waals surface area (Å²) in [6.07, 6.45) is 2.20. The van der Waals surface area contributed by atoms with Crippen LogP contribution in [0.25, 0.3) is 0 Å². The Hall–Kier alpha value is -1.93. The molecule has 0 bridgehead atoms. The van der Waals surface area contributed by atoms with Gasteiger partial charge < -0.3 is 4.90 Å². The van der Waals surface area contributed by atoms with Gasteiger partial charge in [0.25, 0.3) is 0 Å². The molecule has 0 aromatic heterocycles. The zero-order valence-electron chi connectivity index (χ0n) is 13.8. The Morgan fingerprint density at radius 2 is 1.73 bits per heavy atom. The van der Waals surface area contributed by atoms with Gasteiger partial charge in [-0.2, -0.15) is 0 Å². The minimum absolute atomic E-state index is 0.837. The second-order valence-electron chi connectivity index (χ2n) is 6.29. The van der Waals surface area contributed by atoms with Crippen LogP contribution in [0.3, 0.4) is 0 Å². The molecule has 0 radical (unpaired) electrons. The average molecular weight is 292 g/mol. The fraction of sp³-hybridized carbons (Fsp3) is 0.350. The first-order chi connectivity index (χ1) is 10.7. The molecule has 0 saturated heterocycles. The van der Waals surface area contributed by atoms with Gasteiger partial charge in [0.2, 0.25) is 0 Å². The van der Waals surface area contributed by atoms with Gasteiger partial charge in [0.1, 0.15) is 0 Å². The highest BCUT2D eigenvalue weighted by Crippen LogP contribution is 2.27. The Kier molecular flexibility index (Phi) is 4.39. The molecule has 22 heavy (non-hydrogen) atoms. The quantitative estimate of drug-likeness (QED) is 0.845. The van der Waals surface area contributed by atoms with Gasteiger partial charge in [-0.3, -0.25) is 4.99 Å². The van der Waals surface area contributed by atoms with Crippen molar-refractivity contribution in [3.8, 4) is 0 Å². The molecule has 0 unspecified atom stereocenters. The number of nitrogens with zero attached hydrogens (tertiary/aromatic N) is 2. The maximum absolute atomic E-state index is 4.98. The van der Waals surface area contributed by atoms with Crippen molar-refractivity contribution < 1.29 is 0 Å². The summed E-state index contributed by atoms with van der Waals surface area (Å²) in [5, 5.41) is 0. The first-order valence-electron chi connectivity index (χ1n) is 8.03. The van der Waals surface area contributed by atoms with Gasteiger partial charge in [0.15, 0.2) is 0 Å². The van der Waals surface area contributed by atoms with Crippen molar-refractivity contribution in [3.05, 3.63) is 70.3 Å². The number of fused-ring (bicyclic) bond motifs is 2. The third-order valence-corrected chi connectivity index (χ3v) is 4.40. The Balaban J connectivity index is 2.11. The number of benzene rings is 2. The predicted octanol–water partition coefficient (Wildman–Crippen LogP) is 3.49. The minimum Gasteiger partial charge on any atom is -0.308 e. The van der Waals surface area contributed by atoms with Crippen molar-refractivity contribution in [1.82, 2.24) is 4.90 Å². The van der Waals surface area contributed by atoms with Crippen LogP contribution < -0.4 is 0 Å². The summed E-state index contributed by atoms with van der Waals surface area (Å²) < 4.78 is 0. The molecule has 0 fully saturated rings. The van der Waals surface area contributed by atoms with Gasteiger partial charge in [-0.05, 0) is 50.6 Å². The highest BCUT2D eigenvalue weighted by atomic mass is 15.1. The summed E-state index contributed by atoms with van der Waals surface area (Å²) in [4.78, 5) is 7.17. The molecule has 0 spiro atoms. The van der Waals surface area contributed by atoms with Crippen LogP contribution in [0.4, 0.5) is 0 Å². The normalized spacial score (nSPS) is 15.5. The lowest BCUT2D eigenvalue weighted by Gasteiger charge is -2.13. The minimum atomic E-state index is 0.837. The first-order valence-corrected chi connectivity index (χ1v) is 8.03. The standard InChI is InChI=1S/C20H24N2/c1-15-7-6-10-19-17(15)12-11-16-8-4-5-9-18(16)20(19)21-13-14-22(2)3/h4-10H,11-14H2,1-3H3. The molecule has 0 aliphatic heterocycles. The topological polar surface area (TPSA) is 15.6 Å². The van der Waals surface area contributed by atoms with Crippen molar-refractivity contribution in [1.29, 1.82) is 0 Å². The Morgan fingerprint density at radius 3 is 2.55 bits per heavy atom. The van der Waals surface area contributed by atoms with Gasteiger partial charge in [0, 0.05) is 17.7 Å². The number of hydrogen-bond donors (Lipinski definition) is 0. The molecule has 1 aliphatic rings. The van der Waals surface area contributed by atoms with E-state index >= 15 is 0 Å². The van der Waals surface area contributed by atoms with E-state index in [2.05, 4.69) is 68.4 Å². The molecule has 1 aliphatic carbocycles. The summed E-state index contributed by atoms with van der Waals surface area (Å²) in [6.45, 7) is 4.03. The van der Waals surface area contributed by atoms with Crippen LogP contribution in [-0.4, -0.2) is 37.8 Å². The molecule has 0 N–H and O–H groups in total. The van der Waals surface area contributed by atoms with E-state index in [1.54, 1.807) is 0 Å². The lowest BCUT2D eigenvalue weighted by Crippen LogP contribution is -2.17. The van der Waals surface area contributed by atoms with Crippen molar-refractivity contribution in [2.24, 2.45) is 4.99 Å². The van der Waals surface area contributed by atoms with E-state index in [-0.39, 0.29) is 0 Å². The van der Waals surface area contributed by atoms with Crippen LogP contribution in [0, 0.1) is 6.92 Å². The van der Waals surface area contributed by atoms with Crippen LogP contribution in [0.5, 0.6) is 0 Å². The van der Waals surface area contributed by atoms with Crippen LogP contribution in [0.2, 0.25) is 0 Å². The second-order valence-corrected chi connectivity index (χ2v) is 6.29. The van der Waals surface area contributed by atoms with Crippen LogP contribution in [0.15, 0.2) is 47.5 Å². The van der Waals surface area contributed by atoms with Gasteiger partial charge in [-0.25, -0.2) is 0 Å². The number of hydrogen-bond acceptors (Lipinski definition) is 2. The zero-order valence-corrected chi connectivity index (χ0v) is 13.8. The van der Waals surface area contributed by atoms with Gasteiger partial charge in [-0.15, -0.1) is 0 Å². The molecule has 2 aromatic rings. The first kappa shape index (κ1) is 15.0. The molecule has 2 nitrogen and oxygen atoms in total. The van der Waals surface area contributed by atoms with E-state index in [9.17, 15) is 0 Å². The Labute approximate surface area is 133 Å². The van der Waals surface area contributed by atoms with Gasteiger partial charge in [-0.1, -0.05) is 42.5 Å². The highest BCUT2D eigenvalue weighted by Gasteiger charge is 2.19. The fourth-order valence-corrected chi connectivity index (χ4v) is 3.16. The molecule has 0 amide bonds. The number of rotatable bonds is 3. The smallest absolute Gasteiger partial charge is 0.0725 e. The van der Waals surface area contributed by atoms with E-state index in [1.165, 1.54) is 33.5 Å². The monoisotopic (exact) mass is 292 g/mol. The van der Waals surface area contributed by atoms with Crippen molar-refractivity contribution >= 4 is 5.71 Å². The molecule has 2 heteroatoms. The third-order valence-electron chi connectivity index (χ3n) is 4.40. The molecule has 0 heterocycles. The fourth-order valence-electron chi connectivity index (χ4n) is 3.16. The maximum atomic E-state index is 4.98. The Morgan fingerprint density at radius 1 is 0.955 bits per heavy atom. The predicted molar refractivity (Wildman–Crippen MR) is 94.1 cm³/mol. The summed E-state index contributed by atoms with van der Waals surface area (Å²) in [7, 11) is 4.19. The summed E-state index contributed by atoms with van der Waals surface area (Å²) in [6, 6.07) is 15.3. The molecule has 0 atom stereocenters. The summed E-state index contributed by atoms with van der Waals surface area (Å²) >= 11 is 0. The number of likely N-dealkylation sites (N-methyl/N-ethyl adjacent to an activating group) is 1. The third kappa shape index (κ3) is 2.97. The van der Waals surface area contributed by atoms with Crippen molar-refractivity contribution in [2.45, 2.75) is 19.8 Å². The second kappa shape index (κ2) is 6.45. The zero-order chi connectivity index (χ0) is 15.5. The Bertz CT molecular complexity index is 699. The van der Waals surface area contributed by atoms with Crippen molar-refractivity contribution in [2.75, 3.05) is 27.2 Å². The molecule has 114 valence electrons. The van der Waals surface area contributed by atoms with Crippen LogP contribution in [0.1, 0.15) is 27.8 Å². The largest absolute Gasteiger partial charge is 0.308 e. The van der Waals surface area contributed by atoms with Gasteiger partial charge >= 0.3 is 0 Å². The summed E-state index contributed by atoms with van der Waals surface area (Å²) in [5.41, 5.74) is 8.07. The van der Waals surface area contributed by atoms with E-state index in [4.69, 9.17) is 4.99 Å². The molecule has 2 aromatic carbocycles. The SMILES string of the molecule is Cc1cccc2c1CCc1ccccc1C2=NCCN(C)C. The van der Waals surface area contributed by atoms with E-state index in [1.807, 2.05) is 0 Å². The molecular formula is C20H24N2.